The van der Waals surface area contributed by atoms with Gasteiger partial charge in [-0.25, -0.2) is 0 Å². The van der Waals surface area contributed by atoms with Crippen molar-refractivity contribution in [1.29, 1.82) is 0 Å². The number of hydrogen-bond acceptors (Lipinski definition) is 2. The van der Waals surface area contributed by atoms with Crippen LogP contribution in [0.4, 0.5) is 0 Å². The summed E-state index contributed by atoms with van der Waals surface area (Å²) < 4.78 is 0. The molecule has 0 saturated heterocycles. The lowest BCUT2D eigenvalue weighted by Crippen LogP contribution is -2.22. The van der Waals surface area contributed by atoms with Crippen molar-refractivity contribution in [3.63, 3.8) is 0 Å². The second-order valence-corrected chi connectivity index (χ2v) is 3.41. The minimum absolute atomic E-state index is 0.0987. The first-order valence-corrected chi connectivity index (χ1v) is 5.05. The molecule has 0 aromatic heterocycles. The molecular formula is C10H22O2. The third-order valence-electron chi connectivity index (χ3n) is 2.38. The first-order chi connectivity index (χ1) is 5.76. The lowest BCUT2D eigenvalue weighted by molar-refractivity contribution is 0.0583. The molecule has 0 aliphatic heterocycles. The average molecular weight is 174 g/mol. The first-order valence-electron chi connectivity index (χ1n) is 5.05. The van der Waals surface area contributed by atoms with Crippen molar-refractivity contribution < 1.29 is 10.2 Å². The average Bonchev–Trinajstić information content (AvgIpc) is 2.11. The second kappa shape index (κ2) is 7.56. The van der Waals surface area contributed by atoms with Crippen LogP contribution in [0.3, 0.4) is 0 Å². The maximum Gasteiger partial charge on any atom is 0.0587 e. The predicted molar refractivity (Wildman–Crippen MR) is 51.0 cm³/mol. The van der Waals surface area contributed by atoms with Crippen LogP contribution in [0, 0.1) is 5.92 Å². The van der Waals surface area contributed by atoms with Gasteiger partial charge >= 0.3 is 0 Å². The Labute approximate surface area is 75.6 Å². The van der Waals surface area contributed by atoms with Crippen molar-refractivity contribution in [3.05, 3.63) is 0 Å². The zero-order chi connectivity index (χ0) is 9.40. The Hall–Kier alpha value is -0.0800. The fourth-order valence-corrected chi connectivity index (χ4v) is 1.40. The van der Waals surface area contributed by atoms with Gasteiger partial charge in [-0.05, 0) is 12.8 Å². The summed E-state index contributed by atoms with van der Waals surface area (Å²) >= 11 is 0. The Balaban J connectivity index is 3.52. The van der Waals surface area contributed by atoms with Crippen molar-refractivity contribution in [1.82, 2.24) is 0 Å². The third-order valence-corrected chi connectivity index (χ3v) is 2.38. The van der Waals surface area contributed by atoms with Gasteiger partial charge in [0, 0.05) is 12.5 Å². The highest BCUT2D eigenvalue weighted by molar-refractivity contribution is 4.66. The lowest BCUT2D eigenvalue weighted by atomic mass is 9.95. The zero-order valence-corrected chi connectivity index (χ0v) is 8.29. The number of rotatable bonds is 7. The zero-order valence-electron chi connectivity index (χ0n) is 8.29. The van der Waals surface area contributed by atoms with Gasteiger partial charge in [-0.3, -0.25) is 0 Å². The van der Waals surface area contributed by atoms with E-state index in [2.05, 4.69) is 6.92 Å². The predicted octanol–water partition coefficient (Wildman–Crippen LogP) is 1.95. The Morgan fingerprint density at radius 2 is 1.83 bits per heavy atom. The molecule has 74 valence electrons. The fraction of sp³-hybridized carbons (Fsp3) is 1.00. The highest BCUT2D eigenvalue weighted by Crippen LogP contribution is 2.15. The summed E-state index contributed by atoms with van der Waals surface area (Å²) in [5.74, 6) is 0.0987. The fourth-order valence-electron chi connectivity index (χ4n) is 1.40. The number of aliphatic hydroxyl groups excluding tert-OH is 2. The van der Waals surface area contributed by atoms with Gasteiger partial charge in [-0.1, -0.05) is 33.1 Å². The third kappa shape index (κ3) is 4.73. The van der Waals surface area contributed by atoms with Crippen LogP contribution in [0.1, 0.15) is 46.0 Å². The molecule has 2 heteroatoms. The summed E-state index contributed by atoms with van der Waals surface area (Å²) in [5.41, 5.74) is 0. The molecule has 2 nitrogen and oxygen atoms in total. The van der Waals surface area contributed by atoms with Crippen LogP contribution in [-0.4, -0.2) is 22.9 Å². The van der Waals surface area contributed by atoms with Crippen LogP contribution >= 0.6 is 0 Å². The largest absolute Gasteiger partial charge is 0.396 e. The van der Waals surface area contributed by atoms with Gasteiger partial charge in [0.25, 0.3) is 0 Å². The Bertz CT molecular complexity index is 93.8. The topological polar surface area (TPSA) is 40.5 Å². The van der Waals surface area contributed by atoms with Gasteiger partial charge < -0.3 is 10.2 Å². The summed E-state index contributed by atoms with van der Waals surface area (Å²) in [4.78, 5) is 0. The Kier molecular flexibility index (Phi) is 7.51. The van der Waals surface area contributed by atoms with Gasteiger partial charge in [-0.15, -0.1) is 0 Å². The van der Waals surface area contributed by atoms with E-state index in [-0.39, 0.29) is 18.6 Å². The second-order valence-electron chi connectivity index (χ2n) is 3.41. The molecule has 0 heterocycles. The molecule has 0 bridgehead atoms. The van der Waals surface area contributed by atoms with E-state index >= 15 is 0 Å². The molecule has 2 unspecified atom stereocenters. The van der Waals surface area contributed by atoms with Crippen molar-refractivity contribution in [2.45, 2.75) is 52.1 Å². The van der Waals surface area contributed by atoms with Crippen molar-refractivity contribution in [3.8, 4) is 0 Å². The van der Waals surface area contributed by atoms with E-state index in [1.165, 1.54) is 12.8 Å². The maximum absolute atomic E-state index is 9.46. The highest BCUT2D eigenvalue weighted by Gasteiger charge is 2.15. The van der Waals surface area contributed by atoms with E-state index in [0.29, 0.717) is 0 Å². The smallest absolute Gasteiger partial charge is 0.0587 e. The summed E-state index contributed by atoms with van der Waals surface area (Å²) in [6.45, 7) is 4.23. The van der Waals surface area contributed by atoms with Crippen LogP contribution in [0.2, 0.25) is 0 Å². The van der Waals surface area contributed by atoms with E-state index in [4.69, 9.17) is 5.11 Å². The molecule has 0 saturated carbocycles. The molecule has 0 aliphatic carbocycles. The summed E-state index contributed by atoms with van der Waals surface area (Å²) in [6.07, 6.45) is 4.91. The van der Waals surface area contributed by atoms with Gasteiger partial charge in [-0.2, -0.15) is 0 Å². The number of hydrogen-bond donors (Lipinski definition) is 2. The molecule has 0 aromatic carbocycles. The molecule has 0 aliphatic rings. The molecule has 0 radical (unpaired) electrons. The molecule has 0 amide bonds. The minimum atomic E-state index is -0.313. The van der Waals surface area contributed by atoms with E-state index < -0.39 is 0 Å². The summed E-state index contributed by atoms with van der Waals surface area (Å²) in [6, 6.07) is 0. The first kappa shape index (κ1) is 11.9. The van der Waals surface area contributed by atoms with E-state index in [0.717, 1.165) is 19.3 Å². The molecular weight excluding hydrogens is 152 g/mol. The van der Waals surface area contributed by atoms with Crippen molar-refractivity contribution in [2.24, 2.45) is 5.92 Å². The van der Waals surface area contributed by atoms with Crippen molar-refractivity contribution in [2.75, 3.05) is 6.61 Å². The van der Waals surface area contributed by atoms with Crippen LogP contribution in [-0.2, 0) is 0 Å². The monoisotopic (exact) mass is 174 g/mol. The molecule has 0 rings (SSSR count). The van der Waals surface area contributed by atoms with Crippen molar-refractivity contribution >= 4 is 0 Å². The lowest BCUT2D eigenvalue weighted by Gasteiger charge is -2.18. The van der Waals surface area contributed by atoms with Crippen LogP contribution in [0.5, 0.6) is 0 Å². The van der Waals surface area contributed by atoms with Gasteiger partial charge in [0.1, 0.15) is 0 Å². The van der Waals surface area contributed by atoms with E-state index in [1.807, 2.05) is 6.92 Å². The Morgan fingerprint density at radius 1 is 1.17 bits per heavy atom. The molecule has 2 N–H and O–H groups in total. The van der Waals surface area contributed by atoms with Gasteiger partial charge in [0.05, 0.1) is 6.10 Å². The van der Waals surface area contributed by atoms with Crippen LogP contribution in [0.15, 0.2) is 0 Å². The molecule has 0 fully saturated rings. The van der Waals surface area contributed by atoms with Crippen LogP contribution < -0.4 is 0 Å². The molecule has 2 atom stereocenters. The Morgan fingerprint density at radius 3 is 2.25 bits per heavy atom. The molecule has 12 heavy (non-hydrogen) atoms. The molecule has 0 aromatic rings. The van der Waals surface area contributed by atoms with E-state index in [9.17, 15) is 5.11 Å². The highest BCUT2D eigenvalue weighted by atomic mass is 16.3. The molecule has 0 spiro atoms. The van der Waals surface area contributed by atoms with Gasteiger partial charge in [0.2, 0.25) is 0 Å². The van der Waals surface area contributed by atoms with E-state index in [1.54, 1.807) is 0 Å². The quantitative estimate of drug-likeness (QED) is 0.579. The van der Waals surface area contributed by atoms with Crippen LogP contribution in [0.25, 0.3) is 0 Å². The normalized spacial score (nSPS) is 16.0. The maximum atomic E-state index is 9.46. The summed E-state index contributed by atoms with van der Waals surface area (Å²) in [5, 5.41) is 18.4. The summed E-state index contributed by atoms with van der Waals surface area (Å²) in [7, 11) is 0. The minimum Gasteiger partial charge on any atom is -0.396 e. The number of unbranched alkanes of at least 4 members (excludes halogenated alkanes) is 2. The standard InChI is InChI=1S/C10H22O2/c1-3-5-6-7-9(8-11)10(12)4-2/h9-12H,3-8H2,1-2H3. The number of aliphatic hydroxyl groups is 2. The SMILES string of the molecule is CCCCCC(CO)C(O)CC. The van der Waals surface area contributed by atoms with Gasteiger partial charge in [0.15, 0.2) is 0 Å².